The first-order valence-corrected chi connectivity index (χ1v) is 4.21. The maximum Gasteiger partial charge on any atom is 0.202 e. The number of hydrogen-bond donors (Lipinski definition) is 5. The molecule has 7 N–H and O–H groups in total. The van der Waals surface area contributed by atoms with Gasteiger partial charge in [-0.1, -0.05) is 6.42 Å². The number of nitrogens with one attached hydrogen (secondary N) is 3. The maximum atomic E-state index is 7.09. The summed E-state index contributed by atoms with van der Waals surface area (Å²) in [5.74, 6) is 5.14. The third-order valence-corrected chi connectivity index (χ3v) is 1.53. The van der Waals surface area contributed by atoms with Crippen molar-refractivity contribution in [3.05, 3.63) is 0 Å². The Balaban J connectivity index is 3.05. The molecule has 0 aromatic carbocycles. The van der Waals surface area contributed by atoms with E-state index in [9.17, 15) is 0 Å². The second kappa shape index (κ2) is 6.87. The van der Waals surface area contributed by atoms with Crippen LogP contribution in [0.2, 0.25) is 0 Å². The highest BCUT2D eigenvalue weighted by molar-refractivity contribution is 5.75. The lowest BCUT2D eigenvalue weighted by molar-refractivity contribution is 0.590. The third kappa shape index (κ3) is 7.30. The molecule has 0 heterocycles. The van der Waals surface area contributed by atoms with E-state index in [-0.39, 0.29) is 12.0 Å². The van der Waals surface area contributed by atoms with Gasteiger partial charge in [-0.25, -0.2) is 5.84 Å². The number of nitrogens with two attached hydrogens (primary N) is 2. The van der Waals surface area contributed by atoms with Crippen molar-refractivity contribution in [1.29, 1.82) is 5.41 Å². The number of rotatable bonds is 5. The van der Waals surface area contributed by atoms with E-state index in [2.05, 4.69) is 10.7 Å². The van der Waals surface area contributed by atoms with Crippen LogP contribution in [0.25, 0.3) is 0 Å². The van der Waals surface area contributed by atoms with E-state index in [1.807, 2.05) is 6.92 Å². The molecule has 0 aliphatic rings. The van der Waals surface area contributed by atoms with Gasteiger partial charge in [-0.05, 0) is 19.8 Å². The van der Waals surface area contributed by atoms with E-state index in [0.717, 1.165) is 25.8 Å². The molecule has 0 rings (SSSR count). The van der Waals surface area contributed by atoms with Crippen LogP contribution in [0, 0.1) is 5.41 Å². The summed E-state index contributed by atoms with van der Waals surface area (Å²) in [5, 5.41) is 9.90. The number of guanidine groups is 1. The van der Waals surface area contributed by atoms with E-state index >= 15 is 0 Å². The van der Waals surface area contributed by atoms with Crippen molar-refractivity contribution in [2.24, 2.45) is 11.6 Å². The minimum Gasteiger partial charge on any atom is -0.356 e. The van der Waals surface area contributed by atoms with Gasteiger partial charge in [0.15, 0.2) is 0 Å². The predicted molar refractivity (Wildman–Crippen MR) is 50.6 cm³/mol. The molecule has 0 bridgehead atoms. The van der Waals surface area contributed by atoms with Crippen molar-refractivity contribution in [3.63, 3.8) is 0 Å². The average molecular weight is 173 g/mol. The van der Waals surface area contributed by atoms with Gasteiger partial charge in [0, 0.05) is 12.6 Å². The molecule has 1 atom stereocenters. The first kappa shape index (κ1) is 11.2. The van der Waals surface area contributed by atoms with Crippen LogP contribution in [0.1, 0.15) is 26.2 Å². The highest BCUT2D eigenvalue weighted by Gasteiger charge is 1.94. The van der Waals surface area contributed by atoms with Crippen molar-refractivity contribution in [3.8, 4) is 0 Å². The van der Waals surface area contributed by atoms with Gasteiger partial charge in [-0.15, -0.1) is 0 Å². The van der Waals surface area contributed by atoms with Gasteiger partial charge < -0.3 is 11.1 Å². The molecule has 0 amide bonds. The van der Waals surface area contributed by atoms with Crippen LogP contribution in [0.4, 0.5) is 0 Å². The minimum absolute atomic E-state index is 0.163. The summed E-state index contributed by atoms with van der Waals surface area (Å²) in [6.45, 7) is 2.77. The summed E-state index contributed by atoms with van der Waals surface area (Å²) in [6.07, 6.45) is 3.14. The van der Waals surface area contributed by atoms with E-state index in [1.165, 1.54) is 0 Å². The Morgan fingerprint density at radius 1 is 1.50 bits per heavy atom. The second-order valence-electron chi connectivity index (χ2n) is 2.92. The molecule has 5 heteroatoms. The zero-order valence-electron chi connectivity index (χ0n) is 7.56. The molecule has 0 aliphatic heterocycles. The Hall–Kier alpha value is -0.810. The number of unbranched alkanes of at least 4 members (excludes halogenated alkanes) is 1. The smallest absolute Gasteiger partial charge is 0.202 e. The van der Waals surface area contributed by atoms with Gasteiger partial charge in [0.2, 0.25) is 5.96 Å². The molecule has 0 fully saturated rings. The number of hydrogen-bond acceptors (Lipinski definition) is 3. The molecule has 0 saturated carbocycles. The SMILES string of the molecule is CC(N)CCCCNC(=N)NN. The number of hydrazine groups is 1. The molecule has 0 aromatic rings. The van der Waals surface area contributed by atoms with Crippen LogP contribution >= 0.6 is 0 Å². The predicted octanol–water partition coefficient (Wildman–Crippen LogP) is -0.508. The molecule has 5 nitrogen and oxygen atoms in total. The molecule has 0 aliphatic carbocycles. The fourth-order valence-electron chi connectivity index (χ4n) is 0.856. The zero-order valence-corrected chi connectivity index (χ0v) is 7.56. The van der Waals surface area contributed by atoms with E-state index < -0.39 is 0 Å². The van der Waals surface area contributed by atoms with Gasteiger partial charge in [0.1, 0.15) is 0 Å². The second-order valence-corrected chi connectivity index (χ2v) is 2.92. The summed E-state index contributed by atoms with van der Waals surface area (Å²) in [5.41, 5.74) is 7.78. The molecular formula is C7H19N5. The lowest BCUT2D eigenvalue weighted by Crippen LogP contribution is -2.40. The molecular weight excluding hydrogens is 154 g/mol. The van der Waals surface area contributed by atoms with Gasteiger partial charge >= 0.3 is 0 Å². The Labute approximate surface area is 73.4 Å². The summed E-state index contributed by atoms with van der Waals surface area (Å²) < 4.78 is 0. The van der Waals surface area contributed by atoms with Crippen LogP contribution in [0.5, 0.6) is 0 Å². The topological polar surface area (TPSA) is 99.9 Å². The van der Waals surface area contributed by atoms with Crippen molar-refractivity contribution in [2.75, 3.05) is 6.54 Å². The summed E-state index contributed by atoms with van der Waals surface area (Å²) >= 11 is 0. The fourth-order valence-corrected chi connectivity index (χ4v) is 0.856. The Kier molecular flexibility index (Phi) is 6.41. The lowest BCUT2D eigenvalue weighted by Gasteiger charge is -2.07. The van der Waals surface area contributed by atoms with Gasteiger partial charge in [0.25, 0.3) is 0 Å². The Morgan fingerprint density at radius 3 is 2.67 bits per heavy atom. The van der Waals surface area contributed by atoms with Crippen LogP contribution in [-0.2, 0) is 0 Å². The Morgan fingerprint density at radius 2 is 2.17 bits per heavy atom. The highest BCUT2D eigenvalue weighted by Crippen LogP contribution is 1.96. The lowest BCUT2D eigenvalue weighted by atomic mass is 10.1. The van der Waals surface area contributed by atoms with E-state index in [0.29, 0.717) is 0 Å². The minimum atomic E-state index is 0.163. The van der Waals surface area contributed by atoms with Crippen molar-refractivity contribution in [2.45, 2.75) is 32.2 Å². The van der Waals surface area contributed by atoms with Gasteiger partial charge in [-0.2, -0.15) is 0 Å². The van der Waals surface area contributed by atoms with E-state index in [1.54, 1.807) is 0 Å². The first-order valence-electron chi connectivity index (χ1n) is 4.21. The molecule has 0 saturated heterocycles. The summed E-state index contributed by atoms with van der Waals surface area (Å²) in [4.78, 5) is 0. The quantitative estimate of drug-likeness (QED) is 0.127. The molecule has 0 aromatic heterocycles. The normalized spacial score (nSPS) is 12.2. The van der Waals surface area contributed by atoms with Crippen molar-refractivity contribution < 1.29 is 0 Å². The van der Waals surface area contributed by atoms with Crippen LogP contribution < -0.4 is 22.3 Å². The van der Waals surface area contributed by atoms with Crippen LogP contribution in [0.15, 0.2) is 0 Å². The highest BCUT2D eigenvalue weighted by atomic mass is 15.3. The van der Waals surface area contributed by atoms with Crippen LogP contribution in [-0.4, -0.2) is 18.5 Å². The molecule has 0 radical (unpaired) electrons. The van der Waals surface area contributed by atoms with Gasteiger partial charge in [0.05, 0.1) is 0 Å². The largest absolute Gasteiger partial charge is 0.356 e. The van der Waals surface area contributed by atoms with Gasteiger partial charge in [-0.3, -0.25) is 10.8 Å². The van der Waals surface area contributed by atoms with Crippen molar-refractivity contribution >= 4 is 5.96 Å². The third-order valence-electron chi connectivity index (χ3n) is 1.53. The zero-order chi connectivity index (χ0) is 9.40. The maximum absolute atomic E-state index is 7.09. The molecule has 72 valence electrons. The summed E-state index contributed by atoms with van der Waals surface area (Å²) in [7, 11) is 0. The standard InChI is InChI=1S/C7H19N5/c1-6(8)4-2-3-5-11-7(9)12-10/h6H,2-5,8,10H2,1H3,(H3,9,11,12). The van der Waals surface area contributed by atoms with Crippen molar-refractivity contribution in [1.82, 2.24) is 10.7 Å². The fraction of sp³-hybridized carbons (Fsp3) is 0.857. The molecule has 12 heavy (non-hydrogen) atoms. The summed E-state index contributed by atoms with van der Waals surface area (Å²) in [6, 6.07) is 0.275. The van der Waals surface area contributed by atoms with E-state index in [4.69, 9.17) is 17.0 Å². The van der Waals surface area contributed by atoms with Crippen LogP contribution in [0.3, 0.4) is 0 Å². The Bertz CT molecular complexity index is 123. The monoisotopic (exact) mass is 173 g/mol. The molecule has 0 spiro atoms. The first-order chi connectivity index (χ1) is 5.66. The average Bonchev–Trinajstić information content (AvgIpc) is 2.03. The molecule has 1 unspecified atom stereocenters.